The molecule has 0 aromatic heterocycles. The van der Waals surface area contributed by atoms with E-state index in [0.29, 0.717) is 11.8 Å². The third-order valence-electron chi connectivity index (χ3n) is 4.41. The van der Waals surface area contributed by atoms with Crippen LogP contribution >= 0.6 is 0 Å². The SMILES string of the molecule is COC(=O)COc1ccc(NC2CCC(C)C(C)C2)cc1. The Morgan fingerprint density at radius 2 is 1.90 bits per heavy atom. The van der Waals surface area contributed by atoms with Gasteiger partial charge in [0.1, 0.15) is 5.75 Å². The summed E-state index contributed by atoms with van der Waals surface area (Å²) in [6.07, 6.45) is 3.74. The topological polar surface area (TPSA) is 47.6 Å². The maximum absolute atomic E-state index is 11.0. The van der Waals surface area contributed by atoms with Crippen molar-refractivity contribution in [3.05, 3.63) is 24.3 Å². The molecule has 0 amide bonds. The fraction of sp³-hybridized carbons (Fsp3) is 0.588. The Morgan fingerprint density at radius 3 is 2.52 bits per heavy atom. The van der Waals surface area contributed by atoms with Crippen molar-refractivity contribution in [2.24, 2.45) is 11.8 Å². The number of methoxy groups -OCH3 is 1. The number of carbonyl (C=O) groups is 1. The standard InChI is InChI=1S/C17H25NO3/c1-12-4-5-15(10-13(12)2)18-14-6-8-16(9-7-14)21-11-17(19)20-3/h6-9,12-13,15,18H,4-5,10-11H2,1-3H3. The van der Waals surface area contributed by atoms with Crippen LogP contribution in [0.2, 0.25) is 0 Å². The molecule has 1 fully saturated rings. The van der Waals surface area contributed by atoms with Crippen molar-refractivity contribution in [2.45, 2.75) is 39.2 Å². The van der Waals surface area contributed by atoms with Crippen molar-refractivity contribution >= 4 is 11.7 Å². The molecule has 0 heterocycles. The molecule has 0 aliphatic heterocycles. The highest BCUT2D eigenvalue weighted by atomic mass is 16.6. The Labute approximate surface area is 126 Å². The van der Waals surface area contributed by atoms with E-state index in [1.54, 1.807) is 0 Å². The minimum Gasteiger partial charge on any atom is -0.482 e. The Morgan fingerprint density at radius 1 is 1.19 bits per heavy atom. The average molecular weight is 291 g/mol. The summed E-state index contributed by atoms with van der Waals surface area (Å²) in [5.74, 6) is 1.91. The van der Waals surface area contributed by atoms with Gasteiger partial charge in [0, 0.05) is 11.7 Å². The second kappa shape index (κ2) is 7.34. The lowest BCUT2D eigenvalue weighted by molar-refractivity contribution is -0.142. The zero-order chi connectivity index (χ0) is 15.2. The first-order chi connectivity index (χ1) is 10.1. The van der Waals surface area contributed by atoms with Crippen LogP contribution < -0.4 is 10.1 Å². The number of hydrogen-bond acceptors (Lipinski definition) is 4. The molecule has 1 saturated carbocycles. The molecule has 4 nitrogen and oxygen atoms in total. The third-order valence-corrected chi connectivity index (χ3v) is 4.41. The largest absolute Gasteiger partial charge is 0.482 e. The van der Waals surface area contributed by atoms with Crippen LogP contribution in [-0.2, 0) is 9.53 Å². The van der Waals surface area contributed by atoms with Crippen molar-refractivity contribution in [3.8, 4) is 5.75 Å². The van der Waals surface area contributed by atoms with Crippen molar-refractivity contribution in [1.82, 2.24) is 0 Å². The number of esters is 1. The maximum Gasteiger partial charge on any atom is 0.343 e. The van der Waals surface area contributed by atoms with Crippen molar-refractivity contribution < 1.29 is 14.3 Å². The molecule has 1 aromatic carbocycles. The molecular formula is C17H25NO3. The van der Waals surface area contributed by atoms with Crippen LogP contribution in [0.1, 0.15) is 33.1 Å². The Kier molecular flexibility index (Phi) is 5.48. The number of anilines is 1. The van der Waals surface area contributed by atoms with E-state index in [2.05, 4.69) is 23.9 Å². The van der Waals surface area contributed by atoms with Gasteiger partial charge in [-0.15, -0.1) is 0 Å². The van der Waals surface area contributed by atoms with Gasteiger partial charge < -0.3 is 14.8 Å². The summed E-state index contributed by atoms with van der Waals surface area (Å²) in [5.41, 5.74) is 1.10. The van der Waals surface area contributed by atoms with Gasteiger partial charge in [-0.25, -0.2) is 4.79 Å². The summed E-state index contributed by atoms with van der Waals surface area (Å²) in [4.78, 5) is 11.0. The van der Waals surface area contributed by atoms with Crippen LogP contribution in [0.3, 0.4) is 0 Å². The summed E-state index contributed by atoms with van der Waals surface area (Å²) in [6.45, 7) is 4.62. The summed E-state index contributed by atoms with van der Waals surface area (Å²) in [6, 6.07) is 8.29. The van der Waals surface area contributed by atoms with E-state index < -0.39 is 0 Å². The van der Waals surface area contributed by atoms with Crippen LogP contribution in [0.15, 0.2) is 24.3 Å². The molecule has 2 rings (SSSR count). The van der Waals surface area contributed by atoms with Gasteiger partial charge in [0.2, 0.25) is 0 Å². The molecule has 3 atom stereocenters. The first kappa shape index (κ1) is 15.7. The molecule has 4 heteroatoms. The van der Waals surface area contributed by atoms with Crippen LogP contribution in [0, 0.1) is 11.8 Å². The molecule has 3 unspecified atom stereocenters. The smallest absolute Gasteiger partial charge is 0.343 e. The number of rotatable bonds is 5. The highest BCUT2D eigenvalue weighted by molar-refractivity contribution is 5.70. The number of nitrogens with one attached hydrogen (secondary N) is 1. The zero-order valence-corrected chi connectivity index (χ0v) is 13.1. The van der Waals surface area contributed by atoms with E-state index in [1.807, 2.05) is 24.3 Å². The fourth-order valence-electron chi connectivity index (χ4n) is 2.76. The van der Waals surface area contributed by atoms with E-state index in [4.69, 9.17) is 4.74 Å². The predicted octanol–water partition coefficient (Wildman–Crippen LogP) is 3.48. The van der Waals surface area contributed by atoms with Crippen LogP contribution in [0.5, 0.6) is 5.75 Å². The van der Waals surface area contributed by atoms with Crippen molar-refractivity contribution in [3.63, 3.8) is 0 Å². The first-order valence-electron chi connectivity index (χ1n) is 7.64. The predicted molar refractivity (Wildman–Crippen MR) is 83.5 cm³/mol. The summed E-state index contributed by atoms with van der Waals surface area (Å²) >= 11 is 0. The second-order valence-corrected chi connectivity index (χ2v) is 6.00. The minimum absolute atomic E-state index is 0.0543. The molecule has 0 saturated heterocycles. The molecule has 0 spiro atoms. The number of ether oxygens (including phenoxy) is 2. The van der Waals surface area contributed by atoms with E-state index >= 15 is 0 Å². The number of hydrogen-bond donors (Lipinski definition) is 1. The minimum atomic E-state index is -0.373. The lowest BCUT2D eigenvalue weighted by Crippen LogP contribution is -2.30. The van der Waals surface area contributed by atoms with Crippen molar-refractivity contribution in [2.75, 3.05) is 19.0 Å². The number of carbonyl (C=O) groups excluding carboxylic acids is 1. The quantitative estimate of drug-likeness (QED) is 0.844. The average Bonchev–Trinajstić information content (AvgIpc) is 2.50. The lowest BCUT2D eigenvalue weighted by atomic mass is 9.79. The van der Waals surface area contributed by atoms with Gasteiger partial charge in [0.15, 0.2) is 6.61 Å². The summed E-state index contributed by atoms with van der Waals surface area (Å²) in [7, 11) is 1.35. The van der Waals surface area contributed by atoms with Gasteiger partial charge >= 0.3 is 5.97 Å². The Hall–Kier alpha value is -1.71. The highest BCUT2D eigenvalue weighted by Gasteiger charge is 2.24. The molecule has 116 valence electrons. The maximum atomic E-state index is 11.0. The van der Waals surface area contributed by atoms with Gasteiger partial charge in [0.05, 0.1) is 7.11 Å². The van der Waals surface area contributed by atoms with Gasteiger partial charge in [-0.1, -0.05) is 13.8 Å². The second-order valence-electron chi connectivity index (χ2n) is 6.00. The van der Waals surface area contributed by atoms with E-state index in [9.17, 15) is 4.79 Å². The van der Waals surface area contributed by atoms with Gasteiger partial charge in [0.25, 0.3) is 0 Å². The van der Waals surface area contributed by atoms with Crippen LogP contribution in [0.25, 0.3) is 0 Å². The zero-order valence-electron chi connectivity index (χ0n) is 13.1. The molecule has 1 N–H and O–H groups in total. The monoisotopic (exact) mass is 291 g/mol. The van der Waals surface area contributed by atoms with E-state index in [-0.39, 0.29) is 12.6 Å². The van der Waals surface area contributed by atoms with E-state index in [0.717, 1.165) is 17.5 Å². The van der Waals surface area contributed by atoms with Crippen molar-refractivity contribution in [1.29, 1.82) is 0 Å². The summed E-state index contributed by atoms with van der Waals surface area (Å²) in [5, 5.41) is 3.59. The summed E-state index contributed by atoms with van der Waals surface area (Å²) < 4.78 is 9.87. The normalized spacial score (nSPS) is 25.2. The van der Waals surface area contributed by atoms with Gasteiger partial charge in [-0.2, -0.15) is 0 Å². The Bertz CT molecular complexity index is 458. The molecule has 21 heavy (non-hydrogen) atoms. The fourth-order valence-corrected chi connectivity index (χ4v) is 2.76. The lowest BCUT2D eigenvalue weighted by Gasteiger charge is -2.33. The van der Waals surface area contributed by atoms with E-state index in [1.165, 1.54) is 26.4 Å². The molecule has 1 aliphatic rings. The number of benzene rings is 1. The molecule has 1 aliphatic carbocycles. The Balaban J connectivity index is 1.83. The highest BCUT2D eigenvalue weighted by Crippen LogP contribution is 2.31. The molecule has 0 bridgehead atoms. The molecule has 1 aromatic rings. The van der Waals surface area contributed by atoms with Gasteiger partial charge in [-0.05, 0) is 55.4 Å². The first-order valence-corrected chi connectivity index (χ1v) is 7.64. The van der Waals surface area contributed by atoms with Crippen LogP contribution in [0.4, 0.5) is 5.69 Å². The third kappa shape index (κ3) is 4.66. The molecule has 0 radical (unpaired) electrons. The van der Waals surface area contributed by atoms with Crippen LogP contribution in [-0.4, -0.2) is 25.7 Å². The molecular weight excluding hydrogens is 266 g/mol. The van der Waals surface area contributed by atoms with Gasteiger partial charge in [-0.3, -0.25) is 0 Å².